The van der Waals surface area contributed by atoms with Gasteiger partial charge in [0, 0.05) is 6.92 Å². The van der Waals surface area contributed by atoms with Crippen LogP contribution in [0.25, 0.3) is 0 Å². The molecule has 114 valence electrons. The molecule has 0 unspecified atom stereocenters. The lowest BCUT2D eigenvalue weighted by Crippen LogP contribution is -2.16. The number of rotatable bonds is 5. The number of methoxy groups -OCH3 is 1. The molecular formula is C15H14N2O5. The molecule has 2 rings (SSSR count). The number of carbonyl (C=O) groups is 2. The molecule has 1 heterocycles. The largest absolute Gasteiger partial charge is 0.493 e. The topological polar surface area (TPSA) is 90.1 Å². The molecule has 22 heavy (non-hydrogen) atoms. The van der Waals surface area contributed by atoms with Crippen LogP contribution in [0, 0.1) is 0 Å². The number of carbonyl (C=O) groups excluding carboxylic acids is 2. The lowest BCUT2D eigenvalue weighted by Gasteiger charge is -2.08. The van der Waals surface area contributed by atoms with Crippen molar-refractivity contribution in [3.8, 4) is 11.5 Å². The van der Waals surface area contributed by atoms with Crippen molar-refractivity contribution in [3.63, 3.8) is 0 Å². The molecule has 0 aliphatic rings. The average Bonchev–Trinajstić information content (AvgIpc) is 3.02. The maximum absolute atomic E-state index is 11.6. The van der Waals surface area contributed by atoms with Crippen molar-refractivity contribution < 1.29 is 23.5 Å². The van der Waals surface area contributed by atoms with Gasteiger partial charge in [-0.1, -0.05) is 0 Å². The molecule has 0 bridgehead atoms. The van der Waals surface area contributed by atoms with Gasteiger partial charge < -0.3 is 13.9 Å². The standard InChI is InChI=1S/C15H14N2O5/c1-10(18)22-12-6-5-11(8-14(12)20-2)9-16-17-15(19)13-4-3-7-21-13/h3-9H,1-2H3,(H,17,19). The first-order chi connectivity index (χ1) is 10.6. The van der Waals surface area contributed by atoms with E-state index in [4.69, 9.17) is 13.9 Å². The number of hydrazone groups is 1. The highest BCUT2D eigenvalue weighted by Crippen LogP contribution is 2.27. The summed E-state index contributed by atoms with van der Waals surface area (Å²) in [6.07, 6.45) is 2.83. The van der Waals surface area contributed by atoms with E-state index in [1.54, 1.807) is 24.3 Å². The number of ether oxygens (including phenoxy) is 2. The lowest BCUT2D eigenvalue weighted by molar-refractivity contribution is -0.132. The number of furan rings is 1. The summed E-state index contributed by atoms with van der Waals surface area (Å²) in [6.45, 7) is 1.30. The van der Waals surface area contributed by atoms with Crippen LogP contribution in [0.4, 0.5) is 0 Å². The van der Waals surface area contributed by atoms with Crippen LogP contribution in [-0.4, -0.2) is 25.2 Å². The Morgan fingerprint density at radius 3 is 2.73 bits per heavy atom. The number of amides is 1. The number of nitrogens with zero attached hydrogens (tertiary/aromatic N) is 1. The Labute approximate surface area is 126 Å². The third kappa shape index (κ3) is 3.95. The van der Waals surface area contributed by atoms with Gasteiger partial charge in [0.15, 0.2) is 17.3 Å². The molecule has 0 saturated heterocycles. The third-order valence-electron chi connectivity index (χ3n) is 2.57. The Bertz CT molecular complexity index is 692. The zero-order chi connectivity index (χ0) is 15.9. The molecule has 0 atom stereocenters. The maximum atomic E-state index is 11.6. The fourth-order valence-corrected chi connectivity index (χ4v) is 1.63. The van der Waals surface area contributed by atoms with Gasteiger partial charge in [0.25, 0.3) is 0 Å². The Hall–Kier alpha value is -3.09. The van der Waals surface area contributed by atoms with Crippen molar-refractivity contribution in [1.82, 2.24) is 5.43 Å². The normalized spacial score (nSPS) is 10.5. The molecule has 1 aromatic heterocycles. The van der Waals surface area contributed by atoms with Gasteiger partial charge in [-0.15, -0.1) is 0 Å². The summed E-state index contributed by atoms with van der Waals surface area (Å²) >= 11 is 0. The molecule has 0 radical (unpaired) electrons. The minimum atomic E-state index is -0.454. The van der Waals surface area contributed by atoms with Crippen LogP contribution in [0.5, 0.6) is 11.5 Å². The van der Waals surface area contributed by atoms with E-state index in [-0.39, 0.29) is 5.76 Å². The van der Waals surface area contributed by atoms with Crippen molar-refractivity contribution >= 4 is 18.1 Å². The first-order valence-electron chi connectivity index (χ1n) is 6.33. The minimum Gasteiger partial charge on any atom is -0.493 e. The molecule has 0 spiro atoms. The Morgan fingerprint density at radius 2 is 2.09 bits per heavy atom. The van der Waals surface area contributed by atoms with E-state index in [0.29, 0.717) is 17.1 Å². The summed E-state index contributed by atoms with van der Waals surface area (Å²) in [7, 11) is 1.46. The molecule has 0 aliphatic heterocycles. The average molecular weight is 302 g/mol. The molecule has 1 N–H and O–H groups in total. The predicted octanol–water partition coefficient (Wildman–Crippen LogP) is 1.98. The molecular weight excluding hydrogens is 288 g/mol. The van der Waals surface area contributed by atoms with E-state index in [2.05, 4.69) is 10.5 Å². The highest BCUT2D eigenvalue weighted by atomic mass is 16.6. The van der Waals surface area contributed by atoms with Crippen LogP contribution in [0.15, 0.2) is 46.1 Å². The molecule has 0 fully saturated rings. The van der Waals surface area contributed by atoms with Gasteiger partial charge in [0.2, 0.25) is 0 Å². The first kappa shape index (κ1) is 15.3. The minimum absolute atomic E-state index is 0.167. The highest BCUT2D eigenvalue weighted by molar-refractivity contribution is 5.92. The summed E-state index contributed by atoms with van der Waals surface area (Å²) in [5.41, 5.74) is 2.99. The SMILES string of the molecule is COc1cc(C=NNC(=O)c2ccco2)ccc1OC(C)=O. The van der Waals surface area contributed by atoms with E-state index < -0.39 is 11.9 Å². The first-order valence-corrected chi connectivity index (χ1v) is 6.33. The van der Waals surface area contributed by atoms with Crippen LogP contribution in [0.1, 0.15) is 23.0 Å². The van der Waals surface area contributed by atoms with Crippen LogP contribution in [0.3, 0.4) is 0 Å². The Morgan fingerprint density at radius 1 is 1.27 bits per heavy atom. The second kappa shape index (κ2) is 7.07. The number of hydrogen-bond donors (Lipinski definition) is 1. The second-order valence-corrected chi connectivity index (χ2v) is 4.18. The number of nitrogens with one attached hydrogen (secondary N) is 1. The van der Waals surface area contributed by atoms with Gasteiger partial charge in [-0.25, -0.2) is 5.43 Å². The van der Waals surface area contributed by atoms with E-state index in [1.165, 1.54) is 32.6 Å². The highest BCUT2D eigenvalue weighted by Gasteiger charge is 2.08. The van der Waals surface area contributed by atoms with Crippen LogP contribution < -0.4 is 14.9 Å². The predicted molar refractivity (Wildman–Crippen MR) is 78.1 cm³/mol. The molecule has 1 aromatic carbocycles. The van der Waals surface area contributed by atoms with Gasteiger partial charge in [0.05, 0.1) is 19.6 Å². The van der Waals surface area contributed by atoms with Crippen LogP contribution >= 0.6 is 0 Å². The second-order valence-electron chi connectivity index (χ2n) is 4.18. The quantitative estimate of drug-likeness (QED) is 0.395. The van der Waals surface area contributed by atoms with Crippen molar-refractivity contribution in [2.45, 2.75) is 6.92 Å². The zero-order valence-corrected chi connectivity index (χ0v) is 12.0. The third-order valence-corrected chi connectivity index (χ3v) is 2.57. The van der Waals surface area contributed by atoms with Crippen molar-refractivity contribution in [3.05, 3.63) is 47.9 Å². The summed E-state index contributed by atoms with van der Waals surface area (Å²) in [5.74, 6) is -0.0293. The fourth-order valence-electron chi connectivity index (χ4n) is 1.63. The summed E-state index contributed by atoms with van der Waals surface area (Å²) in [4.78, 5) is 22.6. The Kier molecular flexibility index (Phi) is 4.92. The van der Waals surface area contributed by atoms with Crippen molar-refractivity contribution in [1.29, 1.82) is 0 Å². The zero-order valence-electron chi connectivity index (χ0n) is 12.0. The van der Waals surface area contributed by atoms with E-state index in [0.717, 1.165) is 0 Å². The summed E-state index contributed by atoms with van der Waals surface area (Å²) in [6, 6.07) is 8.01. The van der Waals surface area contributed by atoms with E-state index in [9.17, 15) is 9.59 Å². The number of esters is 1. The van der Waals surface area contributed by atoms with Gasteiger partial charge >= 0.3 is 11.9 Å². The van der Waals surface area contributed by atoms with Gasteiger partial charge in [-0.05, 0) is 35.9 Å². The smallest absolute Gasteiger partial charge is 0.308 e. The molecule has 1 amide bonds. The molecule has 7 nitrogen and oxygen atoms in total. The van der Waals surface area contributed by atoms with Gasteiger partial charge in [0.1, 0.15) is 0 Å². The van der Waals surface area contributed by atoms with Crippen LogP contribution in [-0.2, 0) is 4.79 Å². The number of hydrogen-bond acceptors (Lipinski definition) is 6. The van der Waals surface area contributed by atoms with E-state index >= 15 is 0 Å². The maximum Gasteiger partial charge on any atom is 0.308 e. The summed E-state index contributed by atoms with van der Waals surface area (Å²) < 4.78 is 15.1. The monoisotopic (exact) mass is 302 g/mol. The van der Waals surface area contributed by atoms with Crippen LogP contribution in [0.2, 0.25) is 0 Å². The Balaban J connectivity index is 2.05. The molecule has 0 aliphatic carbocycles. The van der Waals surface area contributed by atoms with E-state index in [1.807, 2.05) is 0 Å². The lowest BCUT2D eigenvalue weighted by atomic mass is 10.2. The van der Waals surface area contributed by atoms with Crippen molar-refractivity contribution in [2.24, 2.45) is 5.10 Å². The molecule has 0 saturated carbocycles. The fraction of sp³-hybridized carbons (Fsp3) is 0.133. The summed E-state index contributed by atoms with van der Waals surface area (Å²) in [5, 5.41) is 3.82. The van der Waals surface area contributed by atoms with Crippen molar-refractivity contribution in [2.75, 3.05) is 7.11 Å². The van der Waals surface area contributed by atoms with Gasteiger partial charge in [-0.3, -0.25) is 9.59 Å². The molecule has 2 aromatic rings. The molecule has 7 heteroatoms. The van der Waals surface area contributed by atoms with Gasteiger partial charge in [-0.2, -0.15) is 5.10 Å². The number of benzene rings is 1.